The number of nitrogens with zero attached hydrogens (tertiary/aromatic N) is 2. The van der Waals surface area contributed by atoms with Crippen LogP contribution >= 0.6 is 15.9 Å². The number of ether oxygens (including phenoxy) is 1. The van der Waals surface area contributed by atoms with E-state index < -0.39 is 0 Å². The van der Waals surface area contributed by atoms with Gasteiger partial charge in [0.05, 0.1) is 6.61 Å². The van der Waals surface area contributed by atoms with Crippen LogP contribution in [0.5, 0.6) is 0 Å². The molecule has 1 saturated heterocycles. The zero-order valence-electron chi connectivity index (χ0n) is 15.1. The van der Waals surface area contributed by atoms with Gasteiger partial charge in [-0.2, -0.15) is 0 Å². The lowest BCUT2D eigenvalue weighted by Crippen LogP contribution is -2.42. The van der Waals surface area contributed by atoms with Crippen LogP contribution in [0.2, 0.25) is 0 Å². The Bertz CT molecular complexity index is 615. The lowest BCUT2D eigenvalue weighted by Gasteiger charge is -2.24. The molecule has 1 aromatic rings. The van der Waals surface area contributed by atoms with Gasteiger partial charge in [0, 0.05) is 56.3 Å². The highest BCUT2D eigenvalue weighted by Crippen LogP contribution is 2.20. The molecule has 0 saturated carbocycles. The molecule has 2 rings (SSSR count). The summed E-state index contributed by atoms with van der Waals surface area (Å²) in [5.41, 5.74) is 1.88. The summed E-state index contributed by atoms with van der Waals surface area (Å²) in [5, 5.41) is 6.20. The van der Waals surface area contributed by atoms with Crippen molar-refractivity contribution in [1.82, 2.24) is 10.2 Å². The molecule has 1 unspecified atom stereocenters. The topological polar surface area (TPSA) is 66.0 Å². The van der Waals surface area contributed by atoms with E-state index in [9.17, 15) is 4.79 Å². The van der Waals surface area contributed by atoms with Gasteiger partial charge in [-0.1, -0.05) is 22.0 Å². The van der Waals surface area contributed by atoms with Crippen LogP contribution in [0.4, 0.5) is 5.69 Å². The number of carbonyl (C=O) groups is 1. The fourth-order valence-corrected chi connectivity index (χ4v) is 3.18. The molecule has 7 heteroatoms. The van der Waals surface area contributed by atoms with E-state index >= 15 is 0 Å². The number of halogens is 1. The van der Waals surface area contributed by atoms with Crippen LogP contribution in [-0.2, 0) is 9.53 Å². The minimum atomic E-state index is -0.0176. The summed E-state index contributed by atoms with van der Waals surface area (Å²) in [4.78, 5) is 18.5. The molecular formula is C18H27BrN4O2. The minimum Gasteiger partial charge on any atom is -0.381 e. The first kappa shape index (κ1) is 19.7. The number of benzene rings is 1. The van der Waals surface area contributed by atoms with E-state index in [1.807, 2.05) is 32.2 Å². The van der Waals surface area contributed by atoms with Gasteiger partial charge in [-0.05, 0) is 31.0 Å². The maximum atomic E-state index is 12.2. The van der Waals surface area contributed by atoms with Crippen molar-refractivity contribution >= 4 is 33.5 Å². The van der Waals surface area contributed by atoms with Gasteiger partial charge in [0.1, 0.15) is 0 Å². The van der Waals surface area contributed by atoms with Gasteiger partial charge in [-0.15, -0.1) is 0 Å². The highest BCUT2D eigenvalue weighted by molar-refractivity contribution is 9.10. The number of aryl methyl sites for hydroxylation is 1. The Morgan fingerprint density at radius 2 is 2.28 bits per heavy atom. The van der Waals surface area contributed by atoms with E-state index in [1.54, 1.807) is 7.05 Å². The standard InChI is InChI=1S/C18H27BrN4O2/c1-13-4-5-15(19)10-16(13)22-17(24)6-8-21-18(20-2)23(3)11-14-7-9-25-12-14/h4-5,10,14H,6-9,11-12H2,1-3H3,(H,20,21)(H,22,24). The molecule has 0 aliphatic carbocycles. The Balaban J connectivity index is 1.75. The van der Waals surface area contributed by atoms with Crippen molar-refractivity contribution in [2.24, 2.45) is 10.9 Å². The number of anilines is 1. The van der Waals surface area contributed by atoms with Crippen LogP contribution in [0.15, 0.2) is 27.7 Å². The van der Waals surface area contributed by atoms with Crippen molar-refractivity contribution in [3.05, 3.63) is 28.2 Å². The van der Waals surface area contributed by atoms with E-state index in [-0.39, 0.29) is 5.91 Å². The quantitative estimate of drug-likeness (QED) is 0.558. The van der Waals surface area contributed by atoms with Crippen molar-refractivity contribution < 1.29 is 9.53 Å². The molecule has 6 nitrogen and oxygen atoms in total. The summed E-state index contributed by atoms with van der Waals surface area (Å²) in [6.45, 7) is 5.08. The molecule has 1 fully saturated rings. The zero-order chi connectivity index (χ0) is 18.2. The number of rotatable bonds is 6. The number of guanidine groups is 1. The SMILES string of the molecule is CN=C(NCCC(=O)Nc1cc(Br)ccc1C)N(C)CC1CCOC1. The molecule has 25 heavy (non-hydrogen) atoms. The Kier molecular flexibility index (Phi) is 7.71. The monoisotopic (exact) mass is 410 g/mol. The molecule has 0 bridgehead atoms. The van der Waals surface area contributed by atoms with Gasteiger partial charge in [-0.25, -0.2) is 0 Å². The lowest BCUT2D eigenvalue weighted by molar-refractivity contribution is -0.116. The molecule has 1 aromatic carbocycles. The smallest absolute Gasteiger partial charge is 0.226 e. The second-order valence-corrected chi connectivity index (χ2v) is 7.26. The Hall–Kier alpha value is -1.60. The molecule has 2 N–H and O–H groups in total. The van der Waals surface area contributed by atoms with Crippen LogP contribution in [0.3, 0.4) is 0 Å². The third-order valence-electron chi connectivity index (χ3n) is 4.24. The number of amides is 1. The predicted molar refractivity (Wildman–Crippen MR) is 105 cm³/mol. The van der Waals surface area contributed by atoms with Gasteiger partial charge in [-0.3, -0.25) is 9.79 Å². The molecule has 138 valence electrons. The van der Waals surface area contributed by atoms with Gasteiger partial charge in [0.2, 0.25) is 5.91 Å². The fourth-order valence-electron chi connectivity index (χ4n) is 2.82. The summed E-state index contributed by atoms with van der Waals surface area (Å²) < 4.78 is 6.36. The molecule has 0 aromatic heterocycles. The summed E-state index contributed by atoms with van der Waals surface area (Å²) in [5.74, 6) is 1.33. The molecule has 1 aliphatic heterocycles. The van der Waals surface area contributed by atoms with Crippen molar-refractivity contribution in [3.63, 3.8) is 0 Å². The average molecular weight is 411 g/mol. The first-order valence-corrected chi connectivity index (χ1v) is 9.34. The summed E-state index contributed by atoms with van der Waals surface area (Å²) >= 11 is 3.43. The maximum absolute atomic E-state index is 12.2. The maximum Gasteiger partial charge on any atom is 0.226 e. The van der Waals surface area contributed by atoms with Crippen LogP contribution in [0.25, 0.3) is 0 Å². The van der Waals surface area contributed by atoms with E-state index in [0.29, 0.717) is 18.9 Å². The van der Waals surface area contributed by atoms with Crippen LogP contribution < -0.4 is 10.6 Å². The highest BCUT2D eigenvalue weighted by Gasteiger charge is 2.19. The predicted octanol–water partition coefficient (Wildman–Crippen LogP) is 2.63. The first-order valence-electron chi connectivity index (χ1n) is 8.55. The number of nitrogens with one attached hydrogen (secondary N) is 2. The fraction of sp³-hybridized carbons (Fsp3) is 0.556. The third-order valence-corrected chi connectivity index (χ3v) is 4.73. The van der Waals surface area contributed by atoms with Gasteiger partial charge >= 0.3 is 0 Å². The van der Waals surface area contributed by atoms with Gasteiger partial charge in [0.15, 0.2) is 5.96 Å². The van der Waals surface area contributed by atoms with Crippen molar-refractivity contribution in [2.75, 3.05) is 45.7 Å². The number of hydrogen-bond donors (Lipinski definition) is 2. The van der Waals surface area contributed by atoms with E-state index in [4.69, 9.17) is 4.74 Å². The zero-order valence-corrected chi connectivity index (χ0v) is 16.7. The molecular weight excluding hydrogens is 384 g/mol. The van der Waals surface area contributed by atoms with Crippen LogP contribution in [0, 0.1) is 12.8 Å². The Morgan fingerprint density at radius 3 is 2.96 bits per heavy atom. The minimum absolute atomic E-state index is 0.0176. The van der Waals surface area contributed by atoms with E-state index in [1.165, 1.54) is 0 Å². The van der Waals surface area contributed by atoms with Crippen LogP contribution in [-0.4, -0.2) is 57.2 Å². The van der Waals surface area contributed by atoms with Crippen LogP contribution in [0.1, 0.15) is 18.4 Å². The molecule has 1 heterocycles. The normalized spacial score (nSPS) is 17.4. The first-order chi connectivity index (χ1) is 12.0. The molecule has 0 spiro atoms. The third kappa shape index (κ3) is 6.32. The Morgan fingerprint density at radius 1 is 1.48 bits per heavy atom. The number of carbonyl (C=O) groups excluding carboxylic acids is 1. The molecule has 1 amide bonds. The largest absolute Gasteiger partial charge is 0.381 e. The van der Waals surface area contributed by atoms with Gasteiger partial charge in [0.25, 0.3) is 0 Å². The van der Waals surface area contributed by atoms with Crippen molar-refractivity contribution in [2.45, 2.75) is 19.8 Å². The lowest BCUT2D eigenvalue weighted by atomic mass is 10.1. The molecule has 1 atom stereocenters. The second kappa shape index (κ2) is 9.77. The summed E-state index contributed by atoms with van der Waals surface area (Å²) in [6, 6.07) is 5.85. The average Bonchev–Trinajstić information content (AvgIpc) is 3.08. The van der Waals surface area contributed by atoms with Gasteiger partial charge < -0.3 is 20.3 Å². The van der Waals surface area contributed by atoms with Crippen molar-refractivity contribution in [1.29, 1.82) is 0 Å². The number of hydrogen-bond acceptors (Lipinski definition) is 3. The summed E-state index contributed by atoms with van der Waals surface area (Å²) in [7, 11) is 3.77. The summed E-state index contributed by atoms with van der Waals surface area (Å²) in [6.07, 6.45) is 1.47. The number of aliphatic imine (C=N–C) groups is 1. The molecule has 0 radical (unpaired) electrons. The second-order valence-electron chi connectivity index (χ2n) is 6.34. The Labute approximate surface area is 158 Å². The molecule has 1 aliphatic rings. The van der Waals surface area contributed by atoms with E-state index in [0.717, 1.165) is 47.9 Å². The van der Waals surface area contributed by atoms with Crippen molar-refractivity contribution in [3.8, 4) is 0 Å². The highest BCUT2D eigenvalue weighted by atomic mass is 79.9. The van der Waals surface area contributed by atoms with E-state index in [2.05, 4.69) is 36.5 Å².